The molecule has 2 heterocycles. The largest absolute Gasteiger partial charge is 0.467 e. The predicted molar refractivity (Wildman–Crippen MR) is 81.3 cm³/mol. The summed E-state index contributed by atoms with van der Waals surface area (Å²) >= 11 is 1.37. The molecule has 1 fully saturated rings. The van der Waals surface area contributed by atoms with Gasteiger partial charge in [-0.2, -0.15) is 0 Å². The van der Waals surface area contributed by atoms with Crippen LogP contribution in [0.4, 0.5) is 0 Å². The van der Waals surface area contributed by atoms with E-state index in [-0.39, 0.29) is 17.7 Å². The Morgan fingerprint density at radius 1 is 1.55 bits per heavy atom. The van der Waals surface area contributed by atoms with Crippen LogP contribution in [-0.2, 0) is 4.79 Å². The summed E-state index contributed by atoms with van der Waals surface area (Å²) in [4.78, 5) is 12.0. The summed E-state index contributed by atoms with van der Waals surface area (Å²) < 4.78 is 7.14. The molecule has 1 atom stereocenters. The summed E-state index contributed by atoms with van der Waals surface area (Å²) in [6.07, 6.45) is 6.26. The molecule has 3 rings (SSSR count). The molecule has 22 heavy (non-hydrogen) atoms. The van der Waals surface area contributed by atoms with Gasteiger partial charge in [-0.3, -0.25) is 4.79 Å². The SMILES string of the molecule is CC(NC(=O)CSc1nnnn1C1CCCC1)c1ccco1. The van der Waals surface area contributed by atoms with Crippen molar-refractivity contribution in [2.24, 2.45) is 0 Å². The lowest BCUT2D eigenvalue weighted by Gasteiger charge is -2.12. The number of amides is 1. The first-order chi connectivity index (χ1) is 10.7. The second-order valence-electron chi connectivity index (χ2n) is 5.44. The van der Waals surface area contributed by atoms with Crippen molar-refractivity contribution in [1.82, 2.24) is 25.5 Å². The number of hydrogen-bond acceptors (Lipinski definition) is 6. The van der Waals surface area contributed by atoms with Crippen molar-refractivity contribution in [1.29, 1.82) is 0 Å². The Bertz CT molecular complexity index is 607. The van der Waals surface area contributed by atoms with Crippen LogP contribution in [0.2, 0.25) is 0 Å². The average molecular weight is 321 g/mol. The minimum atomic E-state index is -0.145. The van der Waals surface area contributed by atoms with Crippen molar-refractivity contribution in [3.63, 3.8) is 0 Å². The summed E-state index contributed by atoms with van der Waals surface area (Å²) in [6, 6.07) is 3.89. The highest BCUT2D eigenvalue weighted by atomic mass is 32.2. The van der Waals surface area contributed by atoms with Gasteiger partial charge in [-0.25, -0.2) is 4.68 Å². The van der Waals surface area contributed by atoms with Crippen LogP contribution in [0.25, 0.3) is 0 Å². The maximum Gasteiger partial charge on any atom is 0.231 e. The molecule has 7 nitrogen and oxygen atoms in total. The van der Waals surface area contributed by atoms with Crippen LogP contribution < -0.4 is 5.32 Å². The third-order valence-electron chi connectivity index (χ3n) is 3.81. The molecule has 118 valence electrons. The molecule has 0 aliphatic heterocycles. The number of tetrazole rings is 1. The summed E-state index contributed by atoms with van der Waals surface area (Å²) in [5.74, 6) is 0.974. The zero-order chi connectivity index (χ0) is 15.4. The summed E-state index contributed by atoms with van der Waals surface area (Å²) in [5.41, 5.74) is 0. The maximum atomic E-state index is 12.0. The molecule has 1 amide bonds. The third-order valence-corrected chi connectivity index (χ3v) is 4.75. The molecule has 0 bridgehead atoms. The van der Waals surface area contributed by atoms with Crippen molar-refractivity contribution >= 4 is 17.7 Å². The fraction of sp³-hybridized carbons (Fsp3) is 0.571. The molecule has 0 spiro atoms. The van der Waals surface area contributed by atoms with Crippen LogP contribution in [0.5, 0.6) is 0 Å². The fourth-order valence-electron chi connectivity index (χ4n) is 2.68. The molecule has 1 aliphatic carbocycles. The smallest absolute Gasteiger partial charge is 0.231 e. The van der Waals surface area contributed by atoms with Crippen LogP contribution in [0.1, 0.15) is 50.5 Å². The summed E-state index contributed by atoms with van der Waals surface area (Å²) in [7, 11) is 0. The van der Waals surface area contributed by atoms with Gasteiger partial charge in [-0.1, -0.05) is 24.6 Å². The molecular formula is C14H19N5O2S. The van der Waals surface area contributed by atoms with Gasteiger partial charge in [-0.15, -0.1) is 5.10 Å². The van der Waals surface area contributed by atoms with E-state index in [4.69, 9.17) is 4.42 Å². The Morgan fingerprint density at radius 3 is 3.09 bits per heavy atom. The Kier molecular flexibility index (Phi) is 4.77. The van der Waals surface area contributed by atoms with Gasteiger partial charge in [0.05, 0.1) is 24.1 Å². The topological polar surface area (TPSA) is 85.8 Å². The van der Waals surface area contributed by atoms with E-state index in [0.717, 1.165) is 18.6 Å². The van der Waals surface area contributed by atoms with Crippen LogP contribution in [0.15, 0.2) is 28.0 Å². The molecule has 8 heteroatoms. The number of hydrogen-bond donors (Lipinski definition) is 1. The van der Waals surface area contributed by atoms with Crippen molar-refractivity contribution in [2.45, 2.75) is 49.8 Å². The van der Waals surface area contributed by atoms with Gasteiger partial charge < -0.3 is 9.73 Å². The number of carbonyl (C=O) groups is 1. The van der Waals surface area contributed by atoms with E-state index in [2.05, 4.69) is 20.8 Å². The number of rotatable bonds is 6. The van der Waals surface area contributed by atoms with Gasteiger partial charge in [0.1, 0.15) is 5.76 Å². The quantitative estimate of drug-likeness (QED) is 0.822. The Morgan fingerprint density at radius 2 is 2.36 bits per heavy atom. The second-order valence-corrected chi connectivity index (χ2v) is 6.38. The third kappa shape index (κ3) is 3.49. The monoisotopic (exact) mass is 321 g/mol. The highest BCUT2D eigenvalue weighted by Crippen LogP contribution is 2.31. The Hall–Kier alpha value is -1.83. The van der Waals surface area contributed by atoms with E-state index in [1.807, 2.05) is 23.7 Å². The lowest BCUT2D eigenvalue weighted by molar-refractivity contribution is -0.119. The van der Waals surface area contributed by atoms with Crippen molar-refractivity contribution in [3.05, 3.63) is 24.2 Å². The molecule has 0 saturated heterocycles. The van der Waals surface area contributed by atoms with E-state index >= 15 is 0 Å². The maximum absolute atomic E-state index is 12.0. The van der Waals surface area contributed by atoms with E-state index in [9.17, 15) is 4.79 Å². The Labute approximate surface area is 132 Å². The molecular weight excluding hydrogens is 302 g/mol. The predicted octanol–water partition coefficient (Wildman–Crippen LogP) is 2.35. The number of nitrogens with one attached hydrogen (secondary N) is 1. The number of furan rings is 1. The van der Waals surface area contributed by atoms with E-state index in [1.165, 1.54) is 24.6 Å². The number of thioether (sulfide) groups is 1. The van der Waals surface area contributed by atoms with Crippen LogP contribution >= 0.6 is 11.8 Å². The minimum absolute atomic E-state index is 0.0603. The average Bonchev–Trinajstić information content (AvgIpc) is 3.24. The standard InChI is InChI=1S/C14H19N5O2S/c1-10(12-7-4-8-21-12)15-13(20)9-22-14-16-17-18-19(14)11-5-2-3-6-11/h4,7-8,10-11H,2-3,5-6,9H2,1H3,(H,15,20). The Balaban J connectivity index is 1.52. The van der Waals surface area contributed by atoms with Crippen molar-refractivity contribution in [3.8, 4) is 0 Å². The van der Waals surface area contributed by atoms with Gasteiger partial charge in [0, 0.05) is 0 Å². The van der Waals surface area contributed by atoms with E-state index in [1.54, 1.807) is 6.26 Å². The van der Waals surface area contributed by atoms with Gasteiger partial charge in [0.25, 0.3) is 0 Å². The normalized spacial score (nSPS) is 16.8. The van der Waals surface area contributed by atoms with Crippen LogP contribution in [-0.4, -0.2) is 31.9 Å². The molecule has 1 unspecified atom stereocenters. The molecule has 0 radical (unpaired) electrons. The highest BCUT2D eigenvalue weighted by molar-refractivity contribution is 7.99. The van der Waals surface area contributed by atoms with Gasteiger partial charge >= 0.3 is 0 Å². The zero-order valence-electron chi connectivity index (χ0n) is 12.4. The summed E-state index contributed by atoms with van der Waals surface area (Å²) in [5, 5.41) is 15.5. The lowest BCUT2D eigenvalue weighted by Crippen LogP contribution is -2.28. The van der Waals surface area contributed by atoms with Gasteiger partial charge in [0.15, 0.2) is 0 Å². The first-order valence-corrected chi connectivity index (χ1v) is 8.46. The highest BCUT2D eigenvalue weighted by Gasteiger charge is 2.22. The van der Waals surface area contributed by atoms with Crippen LogP contribution in [0, 0.1) is 0 Å². The van der Waals surface area contributed by atoms with Gasteiger partial charge in [0.2, 0.25) is 11.1 Å². The fourth-order valence-corrected chi connectivity index (χ4v) is 3.44. The molecule has 2 aromatic rings. The van der Waals surface area contributed by atoms with E-state index < -0.39 is 0 Å². The number of carbonyl (C=O) groups excluding carboxylic acids is 1. The van der Waals surface area contributed by atoms with E-state index in [0.29, 0.717) is 11.2 Å². The second kappa shape index (κ2) is 6.95. The molecule has 1 saturated carbocycles. The zero-order valence-corrected chi connectivity index (χ0v) is 13.3. The molecule has 2 aromatic heterocycles. The molecule has 1 N–H and O–H groups in total. The number of nitrogens with zero attached hydrogens (tertiary/aromatic N) is 4. The molecule has 0 aromatic carbocycles. The minimum Gasteiger partial charge on any atom is -0.467 e. The van der Waals surface area contributed by atoms with Crippen molar-refractivity contribution < 1.29 is 9.21 Å². The van der Waals surface area contributed by atoms with Gasteiger partial charge in [-0.05, 0) is 42.3 Å². The van der Waals surface area contributed by atoms with Crippen LogP contribution in [0.3, 0.4) is 0 Å². The first-order valence-electron chi connectivity index (χ1n) is 7.47. The lowest BCUT2D eigenvalue weighted by atomic mass is 10.2. The van der Waals surface area contributed by atoms with Crippen molar-refractivity contribution in [2.75, 3.05) is 5.75 Å². The first kappa shape index (κ1) is 15.1. The summed E-state index contributed by atoms with van der Waals surface area (Å²) in [6.45, 7) is 1.89. The molecule has 1 aliphatic rings. The number of aromatic nitrogens is 4.